The topological polar surface area (TPSA) is 149 Å². The van der Waals surface area contributed by atoms with Crippen LogP contribution in [0.2, 0.25) is 0 Å². The highest BCUT2D eigenvalue weighted by Gasteiger charge is 2.21. The lowest BCUT2D eigenvalue weighted by atomic mass is 10.1. The molecule has 0 aliphatic carbocycles. The standard InChI is InChI=1S/C22H20N8O/c1-12-7-6-10-16-17(12)21(31)30(14-8-4-3-5-9-14)20(27-16)13(2)26-19-15(11-23)18(24)28-22(25)29-19/h3-10,13H,1-2H3,(H5,24,25,26,28,29)/t13-/m0/s1. The van der Waals surface area contributed by atoms with Crippen LogP contribution in [0.25, 0.3) is 16.6 Å². The summed E-state index contributed by atoms with van der Waals surface area (Å²) in [5.74, 6) is 0.549. The molecule has 0 saturated heterocycles. The normalized spacial score (nSPS) is 11.8. The van der Waals surface area contributed by atoms with Crippen LogP contribution in [0.5, 0.6) is 0 Å². The molecule has 9 heteroatoms. The third-order valence-electron chi connectivity index (χ3n) is 4.95. The molecule has 0 aliphatic heterocycles. The van der Waals surface area contributed by atoms with E-state index in [0.29, 0.717) is 22.4 Å². The van der Waals surface area contributed by atoms with E-state index in [0.717, 1.165) is 5.56 Å². The molecule has 154 valence electrons. The van der Waals surface area contributed by atoms with Crippen molar-refractivity contribution >= 4 is 28.5 Å². The monoisotopic (exact) mass is 412 g/mol. The Morgan fingerprint density at radius 3 is 2.52 bits per heavy atom. The lowest BCUT2D eigenvalue weighted by Gasteiger charge is -2.21. The van der Waals surface area contributed by atoms with Crippen LogP contribution in [0.15, 0.2) is 53.3 Å². The molecule has 1 atom stereocenters. The Labute approximate surface area is 178 Å². The number of hydrogen-bond donors (Lipinski definition) is 3. The van der Waals surface area contributed by atoms with Crippen LogP contribution in [0.4, 0.5) is 17.6 Å². The first kappa shape index (κ1) is 19.8. The van der Waals surface area contributed by atoms with Crippen LogP contribution in [0.3, 0.4) is 0 Å². The first-order valence-corrected chi connectivity index (χ1v) is 9.58. The molecule has 0 amide bonds. The minimum absolute atomic E-state index is 0.0211. The fourth-order valence-electron chi connectivity index (χ4n) is 3.51. The van der Waals surface area contributed by atoms with E-state index in [1.165, 1.54) is 0 Å². The van der Waals surface area contributed by atoms with Crippen molar-refractivity contribution in [3.8, 4) is 11.8 Å². The Bertz CT molecular complexity index is 1390. The molecule has 4 aromatic rings. The summed E-state index contributed by atoms with van der Waals surface area (Å²) in [5.41, 5.74) is 13.5. The summed E-state index contributed by atoms with van der Waals surface area (Å²) < 4.78 is 1.56. The van der Waals surface area contributed by atoms with Crippen LogP contribution in [-0.2, 0) is 0 Å². The molecule has 2 heterocycles. The molecule has 2 aromatic heterocycles. The van der Waals surface area contributed by atoms with E-state index in [9.17, 15) is 10.1 Å². The van der Waals surface area contributed by atoms with Crippen LogP contribution < -0.4 is 22.3 Å². The lowest BCUT2D eigenvalue weighted by Crippen LogP contribution is -2.28. The Kier molecular flexibility index (Phi) is 4.97. The zero-order chi connectivity index (χ0) is 22.1. The maximum atomic E-state index is 13.5. The van der Waals surface area contributed by atoms with Gasteiger partial charge in [0.2, 0.25) is 5.95 Å². The van der Waals surface area contributed by atoms with Gasteiger partial charge in [0.1, 0.15) is 23.3 Å². The molecule has 0 unspecified atom stereocenters. The van der Waals surface area contributed by atoms with E-state index < -0.39 is 6.04 Å². The second-order valence-electron chi connectivity index (χ2n) is 7.08. The van der Waals surface area contributed by atoms with Gasteiger partial charge in [0, 0.05) is 0 Å². The van der Waals surface area contributed by atoms with Crippen molar-refractivity contribution in [2.45, 2.75) is 19.9 Å². The number of nitrogen functional groups attached to an aromatic ring is 2. The second kappa shape index (κ2) is 7.76. The van der Waals surface area contributed by atoms with E-state index >= 15 is 0 Å². The van der Waals surface area contributed by atoms with E-state index in [-0.39, 0.29) is 28.7 Å². The molecule has 0 radical (unpaired) electrons. The Balaban J connectivity index is 1.94. The fraction of sp³-hybridized carbons (Fsp3) is 0.136. The predicted molar refractivity (Wildman–Crippen MR) is 120 cm³/mol. The second-order valence-corrected chi connectivity index (χ2v) is 7.08. The number of nitrogens with two attached hydrogens (primary N) is 2. The maximum absolute atomic E-state index is 13.5. The Hall–Kier alpha value is -4.45. The number of nitrogens with one attached hydrogen (secondary N) is 1. The Morgan fingerprint density at radius 2 is 1.81 bits per heavy atom. The minimum atomic E-state index is -0.515. The average Bonchev–Trinajstić information content (AvgIpc) is 2.74. The number of fused-ring (bicyclic) bond motifs is 1. The predicted octanol–water partition coefficient (Wildman–Crippen LogP) is 2.69. The summed E-state index contributed by atoms with van der Waals surface area (Å²) in [6.45, 7) is 3.70. The molecule has 4 rings (SSSR count). The summed E-state index contributed by atoms with van der Waals surface area (Å²) >= 11 is 0. The summed E-state index contributed by atoms with van der Waals surface area (Å²) in [7, 11) is 0. The number of aryl methyl sites for hydroxylation is 1. The van der Waals surface area contributed by atoms with E-state index in [4.69, 9.17) is 16.5 Å². The molecule has 0 bridgehead atoms. The third-order valence-corrected chi connectivity index (χ3v) is 4.95. The van der Waals surface area contributed by atoms with Gasteiger partial charge < -0.3 is 16.8 Å². The average molecular weight is 412 g/mol. The summed E-state index contributed by atoms with van der Waals surface area (Å²) in [6.07, 6.45) is 0. The fourth-order valence-corrected chi connectivity index (χ4v) is 3.51. The highest BCUT2D eigenvalue weighted by atomic mass is 16.1. The smallest absolute Gasteiger partial charge is 0.266 e. The lowest BCUT2D eigenvalue weighted by molar-refractivity contribution is 0.730. The maximum Gasteiger partial charge on any atom is 0.266 e. The molecular formula is C22H20N8O. The number of rotatable bonds is 4. The largest absolute Gasteiger partial charge is 0.382 e. The van der Waals surface area contributed by atoms with Gasteiger partial charge in [0.05, 0.1) is 22.6 Å². The molecule has 0 saturated carbocycles. The number of para-hydroxylation sites is 1. The van der Waals surface area contributed by atoms with Crippen LogP contribution in [0.1, 0.15) is 29.9 Å². The van der Waals surface area contributed by atoms with Gasteiger partial charge in [0.25, 0.3) is 5.56 Å². The van der Waals surface area contributed by atoms with Crippen molar-refractivity contribution in [3.63, 3.8) is 0 Å². The highest BCUT2D eigenvalue weighted by molar-refractivity contribution is 5.81. The van der Waals surface area contributed by atoms with E-state index in [1.54, 1.807) is 10.6 Å². The van der Waals surface area contributed by atoms with Gasteiger partial charge in [-0.2, -0.15) is 15.2 Å². The number of aromatic nitrogens is 4. The van der Waals surface area contributed by atoms with Crippen molar-refractivity contribution in [3.05, 3.63) is 75.8 Å². The van der Waals surface area contributed by atoms with E-state index in [1.807, 2.05) is 62.4 Å². The minimum Gasteiger partial charge on any atom is -0.382 e. The van der Waals surface area contributed by atoms with Gasteiger partial charge in [-0.25, -0.2) is 4.98 Å². The van der Waals surface area contributed by atoms with Gasteiger partial charge in [-0.1, -0.05) is 30.3 Å². The molecule has 31 heavy (non-hydrogen) atoms. The summed E-state index contributed by atoms with van der Waals surface area (Å²) in [6, 6.07) is 16.3. The van der Waals surface area contributed by atoms with Crippen molar-refractivity contribution in [1.82, 2.24) is 19.5 Å². The number of hydrogen-bond acceptors (Lipinski definition) is 8. The van der Waals surface area contributed by atoms with Gasteiger partial charge in [-0.15, -0.1) is 0 Å². The van der Waals surface area contributed by atoms with Crippen LogP contribution in [0, 0.1) is 18.3 Å². The molecule has 0 fully saturated rings. The zero-order valence-electron chi connectivity index (χ0n) is 17.0. The molecule has 0 spiro atoms. The zero-order valence-corrected chi connectivity index (χ0v) is 17.0. The van der Waals surface area contributed by atoms with Crippen molar-refractivity contribution < 1.29 is 0 Å². The number of anilines is 3. The Morgan fingerprint density at radius 1 is 1.06 bits per heavy atom. The van der Waals surface area contributed by atoms with Gasteiger partial charge in [-0.3, -0.25) is 9.36 Å². The van der Waals surface area contributed by atoms with Crippen LogP contribution in [-0.4, -0.2) is 19.5 Å². The molecule has 2 aromatic carbocycles. The molecule has 9 nitrogen and oxygen atoms in total. The van der Waals surface area contributed by atoms with Gasteiger partial charge in [0.15, 0.2) is 5.82 Å². The van der Waals surface area contributed by atoms with Crippen molar-refractivity contribution in [1.29, 1.82) is 5.26 Å². The quantitative estimate of drug-likeness (QED) is 0.463. The molecule has 5 N–H and O–H groups in total. The SMILES string of the molecule is Cc1cccc2nc([C@H](C)Nc3nc(N)nc(N)c3C#N)n(-c3ccccc3)c(=O)c12. The van der Waals surface area contributed by atoms with Crippen molar-refractivity contribution in [2.24, 2.45) is 0 Å². The number of nitrogens with zero attached hydrogens (tertiary/aromatic N) is 5. The van der Waals surface area contributed by atoms with Crippen LogP contribution >= 0.6 is 0 Å². The van der Waals surface area contributed by atoms with E-state index in [2.05, 4.69) is 15.3 Å². The van der Waals surface area contributed by atoms with Gasteiger partial charge in [-0.05, 0) is 37.6 Å². The summed E-state index contributed by atoms with van der Waals surface area (Å²) in [5, 5.41) is 13.1. The molecular weight excluding hydrogens is 392 g/mol. The number of benzene rings is 2. The third kappa shape index (κ3) is 3.51. The van der Waals surface area contributed by atoms with Gasteiger partial charge >= 0.3 is 0 Å². The first-order valence-electron chi connectivity index (χ1n) is 9.58. The van der Waals surface area contributed by atoms with Crippen molar-refractivity contribution in [2.75, 3.05) is 16.8 Å². The summed E-state index contributed by atoms with van der Waals surface area (Å²) in [4.78, 5) is 26.3. The highest BCUT2D eigenvalue weighted by Crippen LogP contribution is 2.25. The first-order chi connectivity index (χ1) is 14.9. The number of nitriles is 1. The molecule has 0 aliphatic rings.